The largest absolute Gasteiger partial charge is 0.394 e. The van der Waals surface area contributed by atoms with Crippen molar-refractivity contribution in [2.24, 2.45) is 5.73 Å². The van der Waals surface area contributed by atoms with Gasteiger partial charge in [-0.2, -0.15) is 0 Å². The Morgan fingerprint density at radius 3 is 1.81 bits per heavy atom. The third-order valence-electron chi connectivity index (χ3n) is 4.27. The summed E-state index contributed by atoms with van der Waals surface area (Å²) >= 11 is 9.62. The lowest BCUT2D eigenvalue weighted by Gasteiger charge is -2.35. The van der Waals surface area contributed by atoms with Gasteiger partial charge in [0, 0.05) is 3.57 Å². The van der Waals surface area contributed by atoms with Gasteiger partial charge in [0.1, 0.15) is 6.10 Å². The summed E-state index contributed by atoms with van der Waals surface area (Å²) in [5.41, 5.74) is 4.82. The quantitative estimate of drug-likeness (QED) is 0.154. The van der Waals surface area contributed by atoms with Crippen LogP contribution < -0.4 is 11.1 Å². The van der Waals surface area contributed by atoms with Crippen LogP contribution in [0.4, 0.5) is 5.69 Å². The van der Waals surface area contributed by atoms with Crippen LogP contribution in [0, 0.1) is 7.14 Å². The summed E-state index contributed by atoms with van der Waals surface area (Å²) in [7, 11) is 0. The minimum absolute atomic E-state index is 0.0220. The third-order valence-corrected chi connectivity index (χ3v) is 6.80. The highest BCUT2D eigenvalue weighted by Gasteiger charge is 2.36. The number of aliphatic hydroxyl groups is 5. The molecule has 8 N–H and O–H groups in total. The summed E-state index contributed by atoms with van der Waals surface area (Å²) in [5.74, 6) is -2.73. The van der Waals surface area contributed by atoms with Gasteiger partial charge in [0.2, 0.25) is 0 Å². The second kappa shape index (κ2) is 12.4. The standard InChI is InChI=1S/C17H22ClI2N3O8/c1-6(28)16(30)22-14-11(18)9(15(21)29)12(19)10(13(14)20)17(31)23(7(2-24)3-25)8(4-26)5-27/h6-8,24-28H,2-5H2,1H3,(H2,21,29)(H,22,30)/t6-/m0/s1. The van der Waals surface area contributed by atoms with Gasteiger partial charge in [-0.3, -0.25) is 14.4 Å². The van der Waals surface area contributed by atoms with E-state index in [0.717, 1.165) is 4.90 Å². The Morgan fingerprint density at radius 1 is 1.00 bits per heavy atom. The zero-order valence-corrected chi connectivity index (χ0v) is 21.3. The van der Waals surface area contributed by atoms with E-state index >= 15 is 0 Å². The Morgan fingerprint density at radius 2 is 1.45 bits per heavy atom. The Labute approximate surface area is 209 Å². The predicted molar refractivity (Wildman–Crippen MR) is 128 cm³/mol. The summed E-state index contributed by atoms with van der Waals surface area (Å²) in [4.78, 5) is 38.4. The topological polar surface area (TPSA) is 194 Å². The molecule has 14 heteroatoms. The molecule has 0 aliphatic carbocycles. The van der Waals surface area contributed by atoms with E-state index in [1.54, 1.807) is 45.2 Å². The van der Waals surface area contributed by atoms with Gasteiger partial charge in [-0.05, 0) is 52.1 Å². The molecule has 31 heavy (non-hydrogen) atoms. The fourth-order valence-corrected chi connectivity index (χ4v) is 5.74. The van der Waals surface area contributed by atoms with E-state index in [0.29, 0.717) is 0 Å². The molecule has 0 spiro atoms. The van der Waals surface area contributed by atoms with Crippen molar-refractivity contribution in [3.63, 3.8) is 0 Å². The second-order valence-electron chi connectivity index (χ2n) is 6.35. The summed E-state index contributed by atoms with van der Waals surface area (Å²) in [6.07, 6.45) is -1.43. The van der Waals surface area contributed by atoms with E-state index in [1.807, 2.05) is 0 Å². The van der Waals surface area contributed by atoms with Crippen molar-refractivity contribution >= 4 is 80.2 Å². The fraction of sp³-hybridized carbons (Fsp3) is 0.471. The van der Waals surface area contributed by atoms with Crippen LogP contribution in [0.1, 0.15) is 27.6 Å². The number of nitrogens with two attached hydrogens (primary N) is 1. The van der Waals surface area contributed by atoms with Gasteiger partial charge in [0.25, 0.3) is 17.7 Å². The van der Waals surface area contributed by atoms with Gasteiger partial charge < -0.3 is 41.5 Å². The van der Waals surface area contributed by atoms with Gasteiger partial charge in [0.15, 0.2) is 0 Å². The molecule has 0 aliphatic rings. The maximum atomic E-state index is 13.5. The maximum Gasteiger partial charge on any atom is 0.256 e. The molecule has 0 bridgehead atoms. The van der Waals surface area contributed by atoms with Crippen LogP contribution >= 0.6 is 56.8 Å². The van der Waals surface area contributed by atoms with Gasteiger partial charge in [-0.15, -0.1) is 0 Å². The highest BCUT2D eigenvalue weighted by atomic mass is 127. The molecular formula is C17H22ClI2N3O8. The summed E-state index contributed by atoms with van der Waals surface area (Å²) < 4.78 is 0.0964. The molecule has 1 atom stereocenters. The minimum Gasteiger partial charge on any atom is -0.394 e. The number of hydrogen-bond acceptors (Lipinski definition) is 8. The number of nitrogens with zero attached hydrogens (tertiary/aromatic N) is 1. The average Bonchev–Trinajstić information content (AvgIpc) is 2.70. The van der Waals surface area contributed by atoms with Crippen molar-refractivity contribution in [1.82, 2.24) is 4.90 Å². The number of aliphatic hydroxyl groups excluding tert-OH is 5. The van der Waals surface area contributed by atoms with Gasteiger partial charge in [0.05, 0.1) is 63.9 Å². The van der Waals surface area contributed by atoms with E-state index < -0.39 is 62.3 Å². The first-order valence-electron chi connectivity index (χ1n) is 8.73. The molecule has 0 aliphatic heterocycles. The summed E-state index contributed by atoms with van der Waals surface area (Å²) in [6, 6.07) is -2.38. The van der Waals surface area contributed by atoms with Crippen LogP contribution in [0.2, 0.25) is 5.02 Å². The minimum atomic E-state index is -1.43. The number of primary amides is 1. The monoisotopic (exact) mass is 685 g/mol. The Hall–Kier alpha value is -0.820. The molecule has 0 aromatic heterocycles. The van der Waals surface area contributed by atoms with E-state index in [4.69, 9.17) is 17.3 Å². The van der Waals surface area contributed by atoms with Crippen molar-refractivity contribution in [2.45, 2.75) is 25.1 Å². The van der Waals surface area contributed by atoms with E-state index in [-0.39, 0.29) is 29.0 Å². The zero-order chi connectivity index (χ0) is 24.0. The molecule has 0 fully saturated rings. The Kier molecular flexibility index (Phi) is 11.3. The van der Waals surface area contributed by atoms with E-state index in [1.165, 1.54) is 6.92 Å². The average molecular weight is 686 g/mol. The lowest BCUT2D eigenvalue weighted by atomic mass is 10.0. The summed E-state index contributed by atoms with van der Waals surface area (Å²) in [6.45, 7) is -1.55. The maximum absolute atomic E-state index is 13.5. The van der Waals surface area contributed by atoms with Crippen LogP contribution in [0.15, 0.2) is 0 Å². The van der Waals surface area contributed by atoms with E-state index in [9.17, 15) is 39.9 Å². The molecule has 3 amide bonds. The molecule has 0 unspecified atom stereocenters. The molecule has 0 radical (unpaired) electrons. The molecular weight excluding hydrogens is 663 g/mol. The Bertz CT molecular complexity index is 835. The van der Waals surface area contributed by atoms with Crippen LogP contribution in [-0.4, -0.2) is 92.8 Å². The van der Waals surface area contributed by atoms with Crippen molar-refractivity contribution in [2.75, 3.05) is 31.7 Å². The molecule has 1 aromatic carbocycles. The predicted octanol–water partition coefficient (Wildman–Crippen LogP) is -0.884. The number of carbonyl (C=O) groups excluding carboxylic acids is 3. The van der Waals surface area contributed by atoms with Gasteiger partial charge >= 0.3 is 0 Å². The number of amides is 3. The first-order valence-corrected chi connectivity index (χ1v) is 11.3. The second-order valence-corrected chi connectivity index (χ2v) is 8.88. The molecule has 1 rings (SSSR count). The van der Waals surface area contributed by atoms with Crippen molar-refractivity contribution in [3.05, 3.63) is 23.3 Å². The molecule has 1 aromatic rings. The molecule has 0 saturated heterocycles. The SMILES string of the molecule is C[C@H](O)C(=O)Nc1c(Cl)c(C(N)=O)c(I)c(C(=O)N(C(CO)CO)C(CO)CO)c1I. The summed E-state index contributed by atoms with van der Waals surface area (Å²) in [5, 5.41) is 50.0. The molecule has 0 saturated carbocycles. The normalized spacial score (nSPS) is 12.2. The number of halogens is 3. The van der Waals surface area contributed by atoms with E-state index in [2.05, 4.69) is 5.32 Å². The first kappa shape index (κ1) is 28.2. The number of nitrogens with one attached hydrogen (secondary N) is 1. The van der Waals surface area contributed by atoms with Crippen LogP contribution in [0.5, 0.6) is 0 Å². The van der Waals surface area contributed by atoms with Gasteiger partial charge in [-0.1, -0.05) is 11.6 Å². The molecule has 174 valence electrons. The smallest absolute Gasteiger partial charge is 0.256 e. The van der Waals surface area contributed by atoms with Crippen LogP contribution in [-0.2, 0) is 4.79 Å². The fourth-order valence-electron chi connectivity index (χ4n) is 2.63. The third kappa shape index (κ3) is 6.16. The van der Waals surface area contributed by atoms with Crippen LogP contribution in [0.25, 0.3) is 0 Å². The molecule has 11 nitrogen and oxygen atoms in total. The first-order chi connectivity index (χ1) is 14.5. The lowest BCUT2D eigenvalue weighted by molar-refractivity contribution is -0.123. The number of rotatable bonds is 10. The van der Waals surface area contributed by atoms with Crippen molar-refractivity contribution in [1.29, 1.82) is 0 Å². The zero-order valence-electron chi connectivity index (χ0n) is 16.2. The van der Waals surface area contributed by atoms with Gasteiger partial charge in [-0.25, -0.2) is 0 Å². The number of hydrogen-bond donors (Lipinski definition) is 7. The highest BCUT2D eigenvalue weighted by molar-refractivity contribution is 14.1. The van der Waals surface area contributed by atoms with Crippen molar-refractivity contribution < 1.29 is 39.9 Å². The number of carbonyl (C=O) groups is 3. The highest BCUT2D eigenvalue weighted by Crippen LogP contribution is 2.39. The number of anilines is 1. The lowest BCUT2D eigenvalue weighted by Crippen LogP contribution is -2.53. The number of benzene rings is 1. The van der Waals surface area contributed by atoms with Crippen LogP contribution in [0.3, 0.4) is 0 Å². The Balaban J connectivity index is 3.85. The molecule has 0 heterocycles. The van der Waals surface area contributed by atoms with Crippen molar-refractivity contribution in [3.8, 4) is 0 Å².